The van der Waals surface area contributed by atoms with Gasteiger partial charge in [-0.3, -0.25) is 4.79 Å². The molecule has 0 rings (SSSR count). The number of rotatable bonds is 21. The van der Waals surface area contributed by atoms with Crippen LogP contribution in [0.25, 0.3) is 0 Å². The quantitative estimate of drug-likeness (QED) is 0.264. The number of aliphatic hydroxyl groups excluding tert-OH is 1. The molecule has 0 spiro atoms. The van der Waals surface area contributed by atoms with Crippen molar-refractivity contribution in [2.24, 2.45) is 0 Å². The van der Waals surface area contributed by atoms with Crippen LogP contribution in [0.4, 0.5) is 0 Å². The summed E-state index contributed by atoms with van der Waals surface area (Å²) in [6, 6.07) is 0. The van der Waals surface area contributed by atoms with Crippen LogP contribution in [0.3, 0.4) is 0 Å². The van der Waals surface area contributed by atoms with Crippen LogP contribution in [0, 0.1) is 0 Å². The lowest BCUT2D eigenvalue weighted by atomic mass is 10.0. The number of amides is 1. The molecule has 0 aromatic heterocycles. The van der Waals surface area contributed by atoms with Gasteiger partial charge in [0.2, 0.25) is 5.91 Å². The third kappa shape index (κ3) is 23.4. The Labute approximate surface area is 169 Å². The number of nitrogens with zero attached hydrogens (tertiary/aromatic N) is 1. The SMILES string of the molecule is CN(C)CCCNC(=O)CCCCCCCCCCCCCCCCCO. The first-order valence-corrected chi connectivity index (χ1v) is 11.7. The number of hydrogen-bond acceptors (Lipinski definition) is 3. The molecule has 162 valence electrons. The molecule has 0 saturated heterocycles. The van der Waals surface area contributed by atoms with Gasteiger partial charge in [0.1, 0.15) is 0 Å². The van der Waals surface area contributed by atoms with E-state index in [9.17, 15) is 4.79 Å². The lowest BCUT2D eigenvalue weighted by molar-refractivity contribution is -0.121. The molecular formula is C23H48N2O2. The van der Waals surface area contributed by atoms with Gasteiger partial charge >= 0.3 is 0 Å². The Balaban J connectivity index is 3.11. The van der Waals surface area contributed by atoms with Crippen LogP contribution in [0.5, 0.6) is 0 Å². The second-order valence-corrected chi connectivity index (χ2v) is 8.28. The molecule has 0 aliphatic carbocycles. The summed E-state index contributed by atoms with van der Waals surface area (Å²) >= 11 is 0. The van der Waals surface area contributed by atoms with Crippen molar-refractivity contribution in [3.63, 3.8) is 0 Å². The molecule has 0 bridgehead atoms. The number of carbonyl (C=O) groups excluding carboxylic acids is 1. The molecule has 0 aliphatic rings. The summed E-state index contributed by atoms with van der Waals surface area (Å²) in [5, 5.41) is 11.7. The summed E-state index contributed by atoms with van der Waals surface area (Å²) in [6.45, 7) is 2.19. The Hall–Kier alpha value is -0.610. The van der Waals surface area contributed by atoms with E-state index in [-0.39, 0.29) is 5.91 Å². The van der Waals surface area contributed by atoms with Crippen LogP contribution in [0.15, 0.2) is 0 Å². The minimum atomic E-state index is 0.224. The summed E-state index contributed by atoms with van der Waals surface area (Å²) in [5.41, 5.74) is 0. The van der Waals surface area contributed by atoms with Gasteiger partial charge in [-0.15, -0.1) is 0 Å². The van der Waals surface area contributed by atoms with Gasteiger partial charge in [-0.1, -0.05) is 83.5 Å². The van der Waals surface area contributed by atoms with E-state index in [1.54, 1.807) is 0 Å². The van der Waals surface area contributed by atoms with Crippen molar-refractivity contribution in [3.05, 3.63) is 0 Å². The smallest absolute Gasteiger partial charge is 0.219 e. The Bertz CT molecular complexity index is 309. The monoisotopic (exact) mass is 384 g/mol. The highest BCUT2D eigenvalue weighted by molar-refractivity contribution is 5.75. The molecule has 27 heavy (non-hydrogen) atoms. The molecule has 0 unspecified atom stereocenters. The van der Waals surface area contributed by atoms with Crippen LogP contribution >= 0.6 is 0 Å². The topological polar surface area (TPSA) is 52.6 Å². The maximum Gasteiger partial charge on any atom is 0.219 e. The number of unbranched alkanes of at least 4 members (excludes halogenated alkanes) is 14. The van der Waals surface area contributed by atoms with Crippen molar-refractivity contribution >= 4 is 5.91 Å². The van der Waals surface area contributed by atoms with Gasteiger partial charge in [0.05, 0.1) is 0 Å². The van der Waals surface area contributed by atoms with Gasteiger partial charge in [-0.2, -0.15) is 0 Å². The first-order valence-electron chi connectivity index (χ1n) is 11.7. The van der Waals surface area contributed by atoms with Crippen molar-refractivity contribution in [1.82, 2.24) is 10.2 Å². The van der Waals surface area contributed by atoms with E-state index in [4.69, 9.17) is 5.11 Å². The number of nitrogens with one attached hydrogen (secondary N) is 1. The van der Waals surface area contributed by atoms with Crippen molar-refractivity contribution < 1.29 is 9.90 Å². The predicted octanol–water partition coefficient (Wildman–Crippen LogP) is 5.29. The molecule has 2 N–H and O–H groups in total. The minimum Gasteiger partial charge on any atom is -0.396 e. The maximum atomic E-state index is 11.7. The molecule has 0 fully saturated rings. The molecule has 4 heteroatoms. The molecule has 0 radical (unpaired) electrons. The van der Waals surface area contributed by atoms with Gasteiger partial charge in [-0.25, -0.2) is 0 Å². The average Bonchev–Trinajstić information content (AvgIpc) is 2.64. The standard InChI is InChI=1S/C23H48N2O2/c1-25(2)21-18-20-24-23(27)19-16-14-12-10-8-6-4-3-5-7-9-11-13-15-17-22-26/h26H,3-22H2,1-2H3,(H,24,27). The summed E-state index contributed by atoms with van der Waals surface area (Å²) in [5.74, 6) is 0.224. The Morgan fingerprint density at radius 2 is 1.07 bits per heavy atom. The van der Waals surface area contributed by atoms with Gasteiger partial charge in [0.15, 0.2) is 0 Å². The normalized spacial score (nSPS) is 11.3. The molecule has 0 atom stereocenters. The third-order valence-electron chi connectivity index (χ3n) is 5.17. The molecular weight excluding hydrogens is 336 g/mol. The van der Waals surface area contributed by atoms with Crippen LogP contribution in [-0.4, -0.2) is 49.7 Å². The molecule has 0 heterocycles. The Kier molecular flexibility index (Phi) is 21.2. The molecule has 4 nitrogen and oxygen atoms in total. The summed E-state index contributed by atoms with van der Waals surface area (Å²) in [6.07, 6.45) is 21.0. The van der Waals surface area contributed by atoms with Gasteiger partial charge in [0.25, 0.3) is 0 Å². The van der Waals surface area contributed by atoms with Crippen molar-refractivity contribution in [1.29, 1.82) is 0 Å². The Morgan fingerprint density at radius 3 is 1.48 bits per heavy atom. The summed E-state index contributed by atoms with van der Waals surface area (Å²) in [7, 11) is 4.12. The fourth-order valence-corrected chi connectivity index (χ4v) is 3.41. The fourth-order valence-electron chi connectivity index (χ4n) is 3.41. The zero-order chi connectivity index (χ0) is 20.0. The zero-order valence-electron chi connectivity index (χ0n) is 18.4. The van der Waals surface area contributed by atoms with E-state index in [1.807, 2.05) is 0 Å². The summed E-state index contributed by atoms with van der Waals surface area (Å²) < 4.78 is 0. The molecule has 0 saturated carbocycles. The van der Waals surface area contributed by atoms with E-state index < -0.39 is 0 Å². The lowest BCUT2D eigenvalue weighted by Gasteiger charge is -2.09. The third-order valence-corrected chi connectivity index (χ3v) is 5.17. The predicted molar refractivity (Wildman–Crippen MR) is 117 cm³/mol. The minimum absolute atomic E-state index is 0.224. The maximum absolute atomic E-state index is 11.7. The van der Waals surface area contributed by atoms with E-state index in [0.717, 1.165) is 32.4 Å². The lowest BCUT2D eigenvalue weighted by Crippen LogP contribution is -2.26. The molecule has 1 amide bonds. The van der Waals surface area contributed by atoms with E-state index in [0.29, 0.717) is 13.0 Å². The first-order chi connectivity index (χ1) is 13.2. The first kappa shape index (κ1) is 26.4. The van der Waals surface area contributed by atoms with Crippen LogP contribution < -0.4 is 5.32 Å². The van der Waals surface area contributed by atoms with Gasteiger partial charge < -0.3 is 15.3 Å². The summed E-state index contributed by atoms with van der Waals surface area (Å²) in [4.78, 5) is 13.8. The van der Waals surface area contributed by atoms with Gasteiger partial charge in [0, 0.05) is 19.6 Å². The van der Waals surface area contributed by atoms with Crippen molar-refractivity contribution in [2.45, 2.75) is 109 Å². The molecule has 0 aromatic rings. The second-order valence-electron chi connectivity index (χ2n) is 8.28. The van der Waals surface area contributed by atoms with Crippen LogP contribution in [0.2, 0.25) is 0 Å². The molecule has 0 aliphatic heterocycles. The molecule has 0 aromatic carbocycles. The number of aliphatic hydroxyl groups is 1. The number of hydrogen-bond donors (Lipinski definition) is 2. The van der Waals surface area contributed by atoms with E-state index in [2.05, 4.69) is 24.3 Å². The zero-order valence-corrected chi connectivity index (χ0v) is 18.4. The average molecular weight is 385 g/mol. The van der Waals surface area contributed by atoms with Crippen LogP contribution in [0.1, 0.15) is 109 Å². The number of carbonyl (C=O) groups is 1. The van der Waals surface area contributed by atoms with E-state index >= 15 is 0 Å². The fraction of sp³-hybridized carbons (Fsp3) is 0.957. The largest absolute Gasteiger partial charge is 0.396 e. The van der Waals surface area contributed by atoms with Gasteiger partial charge in [-0.05, 0) is 39.9 Å². The second kappa shape index (κ2) is 21.7. The highest BCUT2D eigenvalue weighted by atomic mass is 16.2. The van der Waals surface area contributed by atoms with Crippen molar-refractivity contribution in [2.75, 3.05) is 33.8 Å². The highest BCUT2D eigenvalue weighted by Gasteiger charge is 2.01. The van der Waals surface area contributed by atoms with Crippen LogP contribution in [-0.2, 0) is 4.79 Å². The Morgan fingerprint density at radius 1 is 0.667 bits per heavy atom. The highest BCUT2D eigenvalue weighted by Crippen LogP contribution is 2.13. The van der Waals surface area contributed by atoms with Crippen molar-refractivity contribution in [3.8, 4) is 0 Å². The van der Waals surface area contributed by atoms with E-state index in [1.165, 1.54) is 83.5 Å².